The first-order chi connectivity index (χ1) is 14.5. The minimum atomic E-state index is -0.260. The Hall–Kier alpha value is -1.42. The van der Waals surface area contributed by atoms with E-state index in [1.807, 2.05) is 11.8 Å². The molecule has 1 amide bonds. The average Bonchev–Trinajstić information content (AvgIpc) is 2.75. The molecule has 0 bridgehead atoms. The van der Waals surface area contributed by atoms with E-state index in [0.717, 1.165) is 56.8 Å². The van der Waals surface area contributed by atoms with Gasteiger partial charge in [0.05, 0.1) is 13.2 Å². The number of hydrogen-bond acceptors (Lipinski definition) is 3. The van der Waals surface area contributed by atoms with Crippen LogP contribution in [0.2, 0.25) is 0 Å². The highest BCUT2D eigenvalue weighted by molar-refractivity contribution is 14.0. The lowest BCUT2D eigenvalue weighted by molar-refractivity contribution is -0.136. The zero-order chi connectivity index (χ0) is 21.9. The zero-order valence-electron chi connectivity index (χ0n) is 19.2. The zero-order valence-corrected chi connectivity index (χ0v) is 21.6. The molecular weight excluding hydrogens is 510 g/mol. The predicted molar refractivity (Wildman–Crippen MR) is 134 cm³/mol. The van der Waals surface area contributed by atoms with E-state index in [-0.39, 0.29) is 48.4 Å². The molecule has 0 radical (unpaired) electrons. The van der Waals surface area contributed by atoms with Crippen molar-refractivity contribution in [1.82, 2.24) is 15.5 Å². The van der Waals surface area contributed by atoms with Crippen LogP contribution in [0.5, 0.6) is 0 Å². The molecule has 2 rings (SSSR count). The number of carbonyl (C=O) groups excluding carboxylic acids is 1. The summed E-state index contributed by atoms with van der Waals surface area (Å²) in [4.78, 5) is 19.3. The van der Waals surface area contributed by atoms with Crippen LogP contribution in [0.3, 0.4) is 0 Å². The number of aliphatic imine (C=N–C) groups is 1. The predicted octanol–water partition coefficient (Wildman–Crippen LogP) is 4.07. The lowest BCUT2D eigenvalue weighted by atomic mass is 9.98. The second-order valence-corrected chi connectivity index (χ2v) is 7.81. The van der Waals surface area contributed by atoms with Gasteiger partial charge in [0.15, 0.2) is 5.96 Å². The van der Waals surface area contributed by atoms with Gasteiger partial charge in [-0.1, -0.05) is 19.9 Å². The highest BCUT2D eigenvalue weighted by atomic mass is 127. The Morgan fingerprint density at radius 3 is 2.52 bits per heavy atom. The van der Waals surface area contributed by atoms with Crippen LogP contribution < -0.4 is 10.6 Å². The number of methoxy groups -OCH3 is 1. The number of amides is 1. The van der Waals surface area contributed by atoms with Crippen molar-refractivity contribution in [1.29, 1.82) is 0 Å². The highest BCUT2D eigenvalue weighted by Gasteiger charge is 2.26. The monoisotopic (exact) mass is 548 g/mol. The summed E-state index contributed by atoms with van der Waals surface area (Å²) in [6.45, 7) is 9.22. The van der Waals surface area contributed by atoms with Gasteiger partial charge in [0.1, 0.15) is 5.82 Å². The van der Waals surface area contributed by atoms with Gasteiger partial charge in [-0.15, -0.1) is 24.0 Å². The molecule has 0 spiro atoms. The molecule has 1 fully saturated rings. The minimum Gasteiger partial charge on any atom is -0.380 e. The van der Waals surface area contributed by atoms with Crippen LogP contribution in [0.1, 0.15) is 57.6 Å². The van der Waals surface area contributed by atoms with Crippen LogP contribution in [-0.2, 0) is 22.7 Å². The Labute approximate surface area is 203 Å². The molecule has 1 aromatic carbocycles. The first-order valence-corrected chi connectivity index (χ1v) is 11.1. The molecule has 1 aliphatic heterocycles. The van der Waals surface area contributed by atoms with E-state index in [1.54, 1.807) is 19.2 Å². The second-order valence-electron chi connectivity index (χ2n) is 7.81. The number of piperidine rings is 1. The second kappa shape index (κ2) is 14.6. The number of benzene rings is 1. The molecule has 0 aliphatic carbocycles. The fraction of sp³-hybridized carbons (Fsp3) is 0.652. The third-order valence-corrected chi connectivity index (χ3v) is 5.66. The van der Waals surface area contributed by atoms with E-state index in [9.17, 15) is 9.18 Å². The van der Waals surface area contributed by atoms with Crippen LogP contribution in [0.15, 0.2) is 23.2 Å². The summed E-state index contributed by atoms with van der Waals surface area (Å²) < 4.78 is 18.9. The number of guanidine groups is 1. The van der Waals surface area contributed by atoms with Gasteiger partial charge in [0.25, 0.3) is 0 Å². The Morgan fingerprint density at radius 2 is 1.94 bits per heavy atom. The largest absolute Gasteiger partial charge is 0.380 e. The minimum absolute atomic E-state index is 0. The molecule has 8 heteroatoms. The number of likely N-dealkylation sites (tertiary alicyclic amines) is 1. The van der Waals surface area contributed by atoms with Crippen LogP contribution in [0.4, 0.5) is 4.39 Å². The molecule has 0 saturated carbocycles. The molecule has 0 unspecified atom stereocenters. The molecule has 6 nitrogen and oxygen atoms in total. The SMILES string of the molecule is CCNC(=NCc1ccc(F)c(COC)c1)NC1CCN(C(=O)C(CC)CC)CC1.I. The standard InChI is InChI=1S/C23H37FN4O2.HI/c1-5-18(6-2)22(29)28-12-10-20(11-13-28)27-23(25-7-3)26-15-17-8-9-21(24)19(14-17)16-30-4;/h8-9,14,18,20H,5-7,10-13,15-16H2,1-4H3,(H2,25,26,27);1H. The van der Waals surface area contributed by atoms with E-state index < -0.39 is 0 Å². The molecule has 0 atom stereocenters. The van der Waals surface area contributed by atoms with Crippen LogP contribution in [0.25, 0.3) is 0 Å². The van der Waals surface area contributed by atoms with Crippen LogP contribution in [-0.4, -0.2) is 49.6 Å². The fourth-order valence-corrected chi connectivity index (χ4v) is 3.82. The number of halogens is 2. The quantitative estimate of drug-likeness (QED) is 0.278. The van der Waals surface area contributed by atoms with Gasteiger partial charge in [-0.25, -0.2) is 9.38 Å². The summed E-state index contributed by atoms with van der Waals surface area (Å²) >= 11 is 0. The topological polar surface area (TPSA) is 66.0 Å². The third-order valence-electron chi connectivity index (χ3n) is 5.66. The summed E-state index contributed by atoms with van der Waals surface area (Å²) in [7, 11) is 1.56. The lowest BCUT2D eigenvalue weighted by Gasteiger charge is -2.34. The van der Waals surface area contributed by atoms with Gasteiger partial charge in [-0.05, 0) is 50.3 Å². The van der Waals surface area contributed by atoms with Crippen molar-refractivity contribution in [2.75, 3.05) is 26.7 Å². The molecule has 31 heavy (non-hydrogen) atoms. The van der Waals surface area contributed by atoms with Crippen molar-refractivity contribution in [3.05, 3.63) is 35.1 Å². The normalized spacial score (nSPS) is 15.0. The van der Waals surface area contributed by atoms with E-state index >= 15 is 0 Å². The fourth-order valence-electron chi connectivity index (χ4n) is 3.82. The Bertz CT molecular complexity index is 705. The number of carbonyl (C=O) groups is 1. The highest BCUT2D eigenvalue weighted by Crippen LogP contribution is 2.17. The first kappa shape index (κ1) is 27.6. The van der Waals surface area contributed by atoms with Crippen LogP contribution >= 0.6 is 24.0 Å². The Morgan fingerprint density at radius 1 is 1.26 bits per heavy atom. The van der Waals surface area contributed by atoms with Crippen molar-refractivity contribution < 1.29 is 13.9 Å². The number of rotatable bonds is 9. The molecular formula is C23H38FIN4O2. The van der Waals surface area contributed by atoms with E-state index in [2.05, 4.69) is 29.5 Å². The van der Waals surface area contributed by atoms with Crippen molar-refractivity contribution in [3.63, 3.8) is 0 Å². The molecule has 1 heterocycles. The third kappa shape index (κ3) is 8.56. The smallest absolute Gasteiger partial charge is 0.225 e. The summed E-state index contributed by atoms with van der Waals surface area (Å²) in [6.07, 6.45) is 3.62. The van der Waals surface area contributed by atoms with E-state index in [0.29, 0.717) is 18.0 Å². The van der Waals surface area contributed by atoms with E-state index in [4.69, 9.17) is 4.74 Å². The van der Waals surface area contributed by atoms with Crippen molar-refractivity contribution in [2.45, 2.75) is 65.6 Å². The molecule has 1 aromatic rings. The maximum atomic E-state index is 13.8. The first-order valence-electron chi connectivity index (χ1n) is 11.1. The Kier molecular flexibility index (Phi) is 13.0. The molecule has 2 N–H and O–H groups in total. The van der Waals surface area contributed by atoms with Gasteiger partial charge in [-0.2, -0.15) is 0 Å². The van der Waals surface area contributed by atoms with Crippen LogP contribution in [0, 0.1) is 11.7 Å². The lowest BCUT2D eigenvalue weighted by Crippen LogP contribution is -2.50. The van der Waals surface area contributed by atoms with Gasteiger partial charge in [0, 0.05) is 44.3 Å². The van der Waals surface area contributed by atoms with Gasteiger partial charge in [-0.3, -0.25) is 4.79 Å². The Balaban J connectivity index is 0.00000480. The maximum Gasteiger partial charge on any atom is 0.225 e. The van der Waals surface area contributed by atoms with Crippen molar-refractivity contribution in [2.24, 2.45) is 10.9 Å². The van der Waals surface area contributed by atoms with Crippen molar-refractivity contribution >= 4 is 35.8 Å². The number of ether oxygens (including phenoxy) is 1. The maximum absolute atomic E-state index is 13.8. The van der Waals surface area contributed by atoms with Gasteiger partial charge < -0.3 is 20.3 Å². The van der Waals surface area contributed by atoms with Gasteiger partial charge in [0.2, 0.25) is 5.91 Å². The van der Waals surface area contributed by atoms with E-state index in [1.165, 1.54) is 6.07 Å². The molecule has 1 aliphatic rings. The molecule has 176 valence electrons. The number of nitrogens with zero attached hydrogens (tertiary/aromatic N) is 2. The summed E-state index contributed by atoms with van der Waals surface area (Å²) in [5.41, 5.74) is 1.48. The number of nitrogens with one attached hydrogen (secondary N) is 2. The van der Waals surface area contributed by atoms with Gasteiger partial charge >= 0.3 is 0 Å². The molecule has 1 saturated heterocycles. The average molecular weight is 548 g/mol. The molecule has 0 aromatic heterocycles. The van der Waals surface area contributed by atoms with Crippen molar-refractivity contribution in [3.8, 4) is 0 Å². The summed E-state index contributed by atoms with van der Waals surface area (Å²) in [5.74, 6) is 0.929. The number of hydrogen-bond donors (Lipinski definition) is 2. The summed E-state index contributed by atoms with van der Waals surface area (Å²) in [5, 5.41) is 6.78. The summed E-state index contributed by atoms with van der Waals surface area (Å²) in [6, 6.07) is 5.30.